The van der Waals surface area contributed by atoms with Crippen LogP contribution in [-0.2, 0) is 4.79 Å². The molecule has 0 aromatic carbocycles. The summed E-state index contributed by atoms with van der Waals surface area (Å²) in [6.45, 7) is 6.78. The molecule has 0 saturated carbocycles. The van der Waals surface area contributed by atoms with E-state index in [1.54, 1.807) is 6.92 Å². The quantitative estimate of drug-likeness (QED) is 0.836. The van der Waals surface area contributed by atoms with Gasteiger partial charge in [-0.2, -0.15) is 4.98 Å². The largest absolute Gasteiger partial charge is 0.476 e. The minimum absolute atomic E-state index is 0.102. The first-order chi connectivity index (χ1) is 9.13. The maximum atomic E-state index is 11.3. The van der Waals surface area contributed by atoms with Gasteiger partial charge in [0.05, 0.1) is 6.61 Å². The zero-order valence-electron chi connectivity index (χ0n) is 11.3. The Morgan fingerprint density at radius 1 is 1.37 bits per heavy atom. The second kappa shape index (κ2) is 5.73. The summed E-state index contributed by atoms with van der Waals surface area (Å²) < 4.78 is 5.36. The summed E-state index contributed by atoms with van der Waals surface area (Å²) in [6.07, 6.45) is 1.45. The number of rotatable bonds is 3. The monoisotopic (exact) mass is 265 g/mol. The Labute approximate surface area is 112 Å². The molecule has 1 amide bonds. The third kappa shape index (κ3) is 2.86. The van der Waals surface area contributed by atoms with Gasteiger partial charge in [-0.05, 0) is 6.92 Å². The molecule has 1 fully saturated rings. The smallest absolute Gasteiger partial charge is 0.242 e. The van der Waals surface area contributed by atoms with Crippen molar-refractivity contribution in [2.45, 2.75) is 13.8 Å². The minimum atomic E-state index is 0.102. The van der Waals surface area contributed by atoms with Gasteiger partial charge in [-0.1, -0.05) is 0 Å². The van der Waals surface area contributed by atoms with Crippen molar-refractivity contribution in [1.82, 2.24) is 14.9 Å². The van der Waals surface area contributed by atoms with E-state index in [9.17, 15) is 4.79 Å². The van der Waals surface area contributed by atoms with Gasteiger partial charge in [0.2, 0.25) is 11.8 Å². The summed E-state index contributed by atoms with van der Waals surface area (Å²) in [5, 5.41) is 0. The third-order valence-corrected chi connectivity index (χ3v) is 3.13. The Morgan fingerprint density at radius 3 is 2.63 bits per heavy atom. The molecule has 104 valence electrons. The molecule has 0 unspecified atom stereocenters. The van der Waals surface area contributed by atoms with Crippen molar-refractivity contribution < 1.29 is 9.53 Å². The molecule has 1 saturated heterocycles. The van der Waals surface area contributed by atoms with E-state index in [0.29, 0.717) is 50.2 Å². The molecule has 0 atom stereocenters. The maximum absolute atomic E-state index is 11.3. The van der Waals surface area contributed by atoms with Crippen LogP contribution in [0, 0.1) is 0 Å². The van der Waals surface area contributed by atoms with E-state index in [4.69, 9.17) is 10.5 Å². The van der Waals surface area contributed by atoms with Gasteiger partial charge in [0.15, 0.2) is 5.82 Å². The van der Waals surface area contributed by atoms with Crippen molar-refractivity contribution in [3.63, 3.8) is 0 Å². The number of anilines is 2. The summed E-state index contributed by atoms with van der Waals surface area (Å²) in [5.41, 5.74) is 6.48. The lowest BCUT2D eigenvalue weighted by molar-refractivity contribution is -0.129. The van der Waals surface area contributed by atoms with Crippen molar-refractivity contribution in [3.05, 3.63) is 6.33 Å². The molecule has 1 aromatic rings. The lowest BCUT2D eigenvalue weighted by atomic mass is 10.3. The molecule has 0 aliphatic carbocycles. The molecule has 2 heterocycles. The normalized spacial score (nSPS) is 15.5. The molecular formula is C12H19N5O2. The van der Waals surface area contributed by atoms with Crippen LogP contribution >= 0.6 is 0 Å². The first kappa shape index (κ1) is 13.4. The molecule has 1 aliphatic rings. The van der Waals surface area contributed by atoms with Crippen molar-refractivity contribution in [3.8, 4) is 5.88 Å². The summed E-state index contributed by atoms with van der Waals surface area (Å²) >= 11 is 0. The van der Waals surface area contributed by atoms with E-state index < -0.39 is 0 Å². The lowest BCUT2D eigenvalue weighted by Crippen LogP contribution is -2.48. The number of amides is 1. The average molecular weight is 265 g/mol. The summed E-state index contributed by atoms with van der Waals surface area (Å²) in [4.78, 5) is 23.4. The van der Waals surface area contributed by atoms with E-state index in [0.717, 1.165) is 0 Å². The van der Waals surface area contributed by atoms with Gasteiger partial charge in [0.25, 0.3) is 0 Å². The van der Waals surface area contributed by atoms with E-state index in [2.05, 4.69) is 14.9 Å². The van der Waals surface area contributed by atoms with E-state index in [1.807, 2.05) is 11.8 Å². The second-order valence-corrected chi connectivity index (χ2v) is 4.34. The van der Waals surface area contributed by atoms with Crippen LogP contribution in [0.5, 0.6) is 5.88 Å². The van der Waals surface area contributed by atoms with Crippen molar-refractivity contribution in [1.29, 1.82) is 0 Å². The molecule has 7 heteroatoms. The molecule has 0 radical (unpaired) electrons. The summed E-state index contributed by atoms with van der Waals surface area (Å²) in [5.74, 6) is 1.20. The lowest BCUT2D eigenvalue weighted by Gasteiger charge is -2.35. The number of carbonyl (C=O) groups is 1. The maximum Gasteiger partial charge on any atom is 0.242 e. The van der Waals surface area contributed by atoms with Crippen molar-refractivity contribution in [2.24, 2.45) is 0 Å². The number of nitrogen functional groups attached to an aromatic ring is 1. The van der Waals surface area contributed by atoms with Gasteiger partial charge >= 0.3 is 0 Å². The fourth-order valence-corrected chi connectivity index (χ4v) is 2.11. The fraction of sp³-hybridized carbons (Fsp3) is 0.583. The molecule has 2 rings (SSSR count). The van der Waals surface area contributed by atoms with E-state index in [-0.39, 0.29) is 5.91 Å². The van der Waals surface area contributed by atoms with Crippen LogP contribution < -0.4 is 15.4 Å². The Hall–Kier alpha value is -2.05. The highest BCUT2D eigenvalue weighted by molar-refractivity contribution is 5.74. The average Bonchev–Trinajstić information content (AvgIpc) is 2.41. The van der Waals surface area contributed by atoms with Crippen LogP contribution in [0.4, 0.5) is 11.5 Å². The minimum Gasteiger partial charge on any atom is -0.476 e. The summed E-state index contributed by atoms with van der Waals surface area (Å²) in [7, 11) is 0. The van der Waals surface area contributed by atoms with Crippen LogP contribution in [0.25, 0.3) is 0 Å². The van der Waals surface area contributed by atoms with Crippen LogP contribution in [-0.4, -0.2) is 53.6 Å². The van der Waals surface area contributed by atoms with Gasteiger partial charge < -0.3 is 20.3 Å². The van der Waals surface area contributed by atoms with Gasteiger partial charge in [-0.15, -0.1) is 0 Å². The van der Waals surface area contributed by atoms with Gasteiger partial charge in [0.1, 0.15) is 12.0 Å². The number of ether oxygens (including phenoxy) is 1. The van der Waals surface area contributed by atoms with Crippen LogP contribution in [0.1, 0.15) is 13.8 Å². The molecule has 1 aliphatic heterocycles. The van der Waals surface area contributed by atoms with Gasteiger partial charge in [-0.25, -0.2) is 4.98 Å². The standard InChI is InChI=1S/C12H19N5O2/c1-3-19-12-10(13)11(14-8-15-12)17-6-4-16(5-7-17)9(2)18/h8H,3-7,13H2,1-2H3. The van der Waals surface area contributed by atoms with Gasteiger partial charge in [0, 0.05) is 33.1 Å². The molecule has 7 nitrogen and oxygen atoms in total. The Balaban J connectivity index is 2.11. The summed E-state index contributed by atoms with van der Waals surface area (Å²) in [6, 6.07) is 0. The number of carbonyl (C=O) groups excluding carboxylic acids is 1. The number of hydrogen-bond donors (Lipinski definition) is 1. The molecule has 0 bridgehead atoms. The predicted molar refractivity (Wildman–Crippen MR) is 72.1 cm³/mol. The number of aromatic nitrogens is 2. The fourth-order valence-electron chi connectivity index (χ4n) is 2.11. The molecule has 0 spiro atoms. The number of nitrogens with zero attached hydrogens (tertiary/aromatic N) is 4. The highest BCUT2D eigenvalue weighted by atomic mass is 16.5. The van der Waals surface area contributed by atoms with Crippen LogP contribution in [0.15, 0.2) is 6.33 Å². The topological polar surface area (TPSA) is 84.6 Å². The third-order valence-electron chi connectivity index (χ3n) is 3.13. The number of nitrogens with two attached hydrogens (primary N) is 1. The molecule has 1 aromatic heterocycles. The molecular weight excluding hydrogens is 246 g/mol. The zero-order valence-corrected chi connectivity index (χ0v) is 11.3. The highest BCUT2D eigenvalue weighted by Gasteiger charge is 2.22. The zero-order chi connectivity index (χ0) is 13.8. The van der Waals surface area contributed by atoms with Crippen LogP contribution in [0.3, 0.4) is 0 Å². The molecule has 2 N–H and O–H groups in total. The second-order valence-electron chi connectivity index (χ2n) is 4.34. The Kier molecular flexibility index (Phi) is 4.03. The van der Waals surface area contributed by atoms with Crippen molar-refractivity contribution >= 4 is 17.4 Å². The number of piperazine rings is 1. The van der Waals surface area contributed by atoms with Crippen molar-refractivity contribution in [2.75, 3.05) is 43.4 Å². The highest BCUT2D eigenvalue weighted by Crippen LogP contribution is 2.28. The Bertz CT molecular complexity index is 457. The Morgan fingerprint density at radius 2 is 2.05 bits per heavy atom. The predicted octanol–water partition coefficient (Wildman–Crippen LogP) is 0.126. The first-order valence-corrected chi connectivity index (χ1v) is 6.37. The SMILES string of the molecule is CCOc1ncnc(N2CCN(C(C)=O)CC2)c1N. The van der Waals surface area contributed by atoms with Crippen LogP contribution in [0.2, 0.25) is 0 Å². The number of hydrogen-bond acceptors (Lipinski definition) is 6. The molecule has 19 heavy (non-hydrogen) atoms. The van der Waals surface area contributed by atoms with Gasteiger partial charge in [-0.3, -0.25) is 4.79 Å². The van der Waals surface area contributed by atoms with E-state index >= 15 is 0 Å². The first-order valence-electron chi connectivity index (χ1n) is 6.37. The van der Waals surface area contributed by atoms with E-state index in [1.165, 1.54) is 6.33 Å².